The van der Waals surface area contributed by atoms with Crippen LogP contribution in [0.3, 0.4) is 0 Å². The fraction of sp³-hybridized carbons (Fsp3) is 0.435. The molecule has 0 aliphatic carbocycles. The van der Waals surface area contributed by atoms with Crippen LogP contribution >= 0.6 is 0 Å². The van der Waals surface area contributed by atoms with Gasteiger partial charge in [-0.1, -0.05) is 12.1 Å². The topological polar surface area (TPSA) is 84.9 Å². The quantitative estimate of drug-likeness (QED) is 0.639. The number of nitrogens with one attached hydrogen (secondary N) is 1. The number of hydrogen-bond donors (Lipinski definition) is 1. The Morgan fingerprint density at radius 2 is 1.74 bits per heavy atom. The summed E-state index contributed by atoms with van der Waals surface area (Å²) in [6.45, 7) is 3.02. The number of sulfonamides is 1. The molecule has 3 rings (SSSR count). The number of aryl methyl sites for hydroxylation is 1. The van der Waals surface area contributed by atoms with Crippen molar-refractivity contribution < 1.29 is 22.7 Å². The summed E-state index contributed by atoms with van der Waals surface area (Å²) in [4.78, 5) is 12.8. The zero-order chi connectivity index (χ0) is 22.4. The second-order valence-electron chi connectivity index (χ2n) is 7.65. The molecule has 1 N–H and O–H groups in total. The number of benzene rings is 2. The molecule has 168 valence electrons. The maximum atomic E-state index is 12.9. The van der Waals surface area contributed by atoms with Crippen LogP contribution < -0.4 is 14.8 Å². The first-order valence-electron chi connectivity index (χ1n) is 10.5. The normalized spacial score (nSPS) is 15.5. The minimum Gasteiger partial charge on any atom is -0.497 e. The summed E-state index contributed by atoms with van der Waals surface area (Å²) in [5.41, 5.74) is 1.68. The molecule has 1 aliphatic rings. The molecule has 0 spiro atoms. The molecular formula is C23H30N2O5S. The lowest BCUT2D eigenvalue weighted by Crippen LogP contribution is -2.28. The number of hydrogen-bond acceptors (Lipinski definition) is 5. The largest absolute Gasteiger partial charge is 0.497 e. The predicted molar refractivity (Wildman–Crippen MR) is 119 cm³/mol. The average molecular weight is 447 g/mol. The van der Waals surface area contributed by atoms with Gasteiger partial charge in [0.2, 0.25) is 15.9 Å². The summed E-state index contributed by atoms with van der Waals surface area (Å²) >= 11 is 0. The summed E-state index contributed by atoms with van der Waals surface area (Å²) in [7, 11) is -0.367. The second kappa shape index (κ2) is 10.2. The molecule has 0 saturated carbocycles. The maximum Gasteiger partial charge on any atom is 0.243 e. The molecule has 1 atom stereocenters. The molecule has 1 saturated heterocycles. The number of methoxy groups -OCH3 is 2. The molecule has 1 aliphatic heterocycles. The van der Waals surface area contributed by atoms with E-state index in [4.69, 9.17) is 9.47 Å². The van der Waals surface area contributed by atoms with E-state index < -0.39 is 10.0 Å². The third-order valence-corrected chi connectivity index (χ3v) is 7.46. The van der Waals surface area contributed by atoms with Crippen molar-refractivity contribution in [3.05, 3.63) is 53.6 Å². The van der Waals surface area contributed by atoms with Crippen molar-refractivity contribution in [2.75, 3.05) is 27.3 Å². The number of ether oxygens (including phenoxy) is 2. The standard InChI is InChI=1S/C23H30N2O5S/c1-17(18-6-9-20(29-2)10-7-18)24-23(26)13-8-19-16-21(11-12-22(19)30-3)31(27,28)25-14-4-5-15-25/h6-7,9-12,16-17H,4-5,8,13-15H2,1-3H3,(H,24,26). The fourth-order valence-corrected chi connectivity index (χ4v) is 5.29. The number of rotatable bonds is 9. The zero-order valence-corrected chi connectivity index (χ0v) is 19.1. The molecule has 1 amide bonds. The van der Waals surface area contributed by atoms with Crippen LogP contribution in [0.25, 0.3) is 0 Å². The number of nitrogens with zero attached hydrogens (tertiary/aromatic N) is 1. The van der Waals surface area contributed by atoms with Gasteiger partial charge in [0.25, 0.3) is 0 Å². The maximum absolute atomic E-state index is 12.9. The highest BCUT2D eigenvalue weighted by molar-refractivity contribution is 7.89. The van der Waals surface area contributed by atoms with Gasteiger partial charge in [-0.2, -0.15) is 4.31 Å². The van der Waals surface area contributed by atoms with E-state index in [0.717, 1.165) is 24.2 Å². The SMILES string of the molecule is COc1ccc(C(C)NC(=O)CCc2cc(S(=O)(=O)N3CCCC3)ccc2OC)cc1. The smallest absolute Gasteiger partial charge is 0.243 e. The van der Waals surface area contributed by atoms with Crippen LogP contribution in [0.4, 0.5) is 0 Å². The van der Waals surface area contributed by atoms with Gasteiger partial charge in [0, 0.05) is 19.5 Å². The Labute approximate surface area is 184 Å². The molecule has 1 unspecified atom stereocenters. The van der Waals surface area contributed by atoms with E-state index in [-0.39, 0.29) is 23.3 Å². The van der Waals surface area contributed by atoms with E-state index in [1.54, 1.807) is 32.4 Å². The minimum absolute atomic E-state index is 0.113. The molecule has 1 heterocycles. The van der Waals surface area contributed by atoms with Gasteiger partial charge < -0.3 is 14.8 Å². The van der Waals surface area contributed by atoms with E-state index in [9.17, 15) is 13.2 Å². The zero-order valence-electron chi connectivity index (χ0n) is 18.3. The number of carbonyl (C=O) groups is 1. The Balaban J connectivity index is 1.66. The van der Waals surface area contributed by atoms with Gasteiger partial charge in [-0.25, -0.2) is 8.42 Å². The molecule has 2 aromatic rings. The molecule has 2 aromatic carbocycles. The van der Waals surface area contributed by atoms with Crippen molar-refractivity contribution in [1.82, 2.24) is 9.62 Å². The van der Waals surface area contributed by atoms with Crippen molar-refractivity contribution in [2.45, 2.75) is 43.5 Å². The molecular weight excluding hydrogens is 416 g/mol. The van der Waals surface area contributed by atoms with Gasteiger partial charge >= 0.3 is 0 Å². The van der Waals surface area contributed by atoms with Gasteiger partial charge in [0.15, 0.2) is 0 Å². The molecule has 0 radical (unpaired) electrons. The lowest BCUT2D eigenvalue weighted by Gasteiger charge is -2.18. The van der Waals surface area contributed by atoms with Crippen LogP contribution in [0.2, 0.25) is 0 Å². The summed E-state index contributed by atoms with van der Waals surface area (Å²) in [6, 6.07) is 12.3. The Morgan fingerprint density at radius 1 is 1.06 bits per heavy atom. The number of carbonyl (C=O) groups excluding carboxylic acids is 1. The molecule has 1 fully saturated rings. The van der Waals surface area contributed by atoms with E-state index >= 15 is 0 Å². The van der Waals surface area contributed by atoms with Crippen LogP contribution in [-0.2, 0) is 21.2 Å². The van der Waals surface area contributed by atoms with Gasteiger partial charge in [-0.3, -0.25) is 4.79 Å². The molecule has 8 heteroatoms. The van der Waals surface area contributed by atoms with Gasteiger partial charge in [0.05, 0.1) is 25.2 Å². The lowest BCUT2D eigenvalue weighted by atomic mass is 10.1. The van der Waals surface area contributed by atoms with Crippen molar-refractivity contribution in [2.24, 2.45) is 0 Å². The summed E-state index contributed by atoms with van der Waals surface area (Å²) in [5.74, 6) is 1.23. The first-order valence-corrected chi connectivity index (χ1v) is 11.9. The first kappa shape index (κ1) is 23.1. The van der Waals surface area contributed by atoms with E-state index in [2.05, 4.69) is 5.32 Å². The van der Waals surface area contributed by atoms with Crippen molar-refractivity contribution in [3.63, 3.8) is 0 Å². The number of amides is 1. The van der Waals surface area contributed by atoms with Crippen LogP contribution in [0.1, 0.15) is 43.4 Å². The van der Waals surface area contributed by atoms with Gasteiger partial charge in [-0.15, -0.1) is 0 Å². The van der Waals surface area contributed by atoms with E-state index in [1.807, 2.05) is 31.2 Å². The van der Waals surface area contributed by atoms with Gasteiger partial charge in [-0.05, 0) is 67.6 Å². The van der Waals surface area contributed by atoms with Crippen LogP contribution in [0.5, 0.6) is 11.5 Å². The second-order valence-corrected chi connectivity index (χ2v) is 9.59. The lowest BCUT2D eigenvalue weighted by molar-refractivity contribution is -0.121. The summed E-state index contributed by atoms with van der Waals surface area (Å²) in [6.07, 6.45) is 2.38. The first-order chi connectivity index (χ1) is 14.8. The highest BCUT2D eigenvalue weighted by Crippen LogP contribution is 2.27. The summed E-state index contributed by atoms with van der Waals surface area (Å²) < 4.78 is 37.8. The highest BCUT2D eigenvalue weighted by Gasteiger charge is 2.27. The average Bonchev–Trinajstić information content (AvgIpc) is 3.33. The molecule has 7 nitrogen and oxygen atoms in total. The minimum atomic E-state index is -3.52. The van der Waals surface area contributed by atoms with Crippen LogP contribution in [0, 0.1) is 0 Å². The predicted octanol–water partition coefficient (Wildman–Crippen LogP) is 3.30. The summed E-state index contributed by atoms with van der Waals surface area (Å²) in [5, 5.41) is 2.98. The molecule has 31 heavy (non-hydrogen) atoms. The molecule has 0 bridgehead atoms. The Kier molecular flexibility index (Phi) is 7.56. The third kappa shape index (κ3) is 5.57. The van der Waals surface area contributed by atoms with Crippen LogP contribution in [-0.4, -0.2) is 45.9 Å². The van der Waals surface area contributed by atoms with Crippen molar-refractivity contribution >= 4 is 15.9 Å². The third-order valence-electron chi connectivity index (χ3n) is 5.57. The van der Waals surface area contributed by atoms with Crippen molar-refractivity contribution in [1.29, 1.82) is 0 Å². The Hall–Kier alpha value is -2.58. The Morgan fingerprint density at radius 3 is 2.35 bits per heavy atom. The fourth-order valence-electron chi connectivity index (χ4n) is 3.73. The molecule has 0 aromatic heterocycles. The van der Waals surface area contributed by atoms with E-state index in [0.29, 0.717) is 30.8 Å². The monoisotopic (exact) mass is 446 g/mol. The van der Waals surface area contributed by atoms with Gasteiger partial charge in [0.1, 0.15) is 11.5 Å². The Bertz CT molecular complexity index is 999. The van der Waals surface area contributed by atoms with Crippen molar-refractivity contribution in [3.8, 4) is 11.5 Å². The van der Waals surface area contributed by atoms with E-state index in [1.165, 1.54) is 4.31 Å². The van der Waals surface area contributed by atoms with Crippen LogP contribution in [0.15, 0.2) is 47.4 Å². The highest BCUT2D eigenvalue weighted by atomic mass is 32.2.